The van der Waals surface area contributed by atoms with Crippen LogP contribution in [0.25, 0.3) is 0 Å². The molecule has 216 valence electrons. The summed E-state index contributed by atoms with van der Waals surface area (Å²) in [6.45, 7) is 6.52. The van der Waals surface area contributed by atoms with Gasteiger partial charge in [0.05, 0.1) is 30.2 Å². The fourth-order valence-electron chi connectivity index (χ4n) is 6.51. The molecule has 0 saturated carbocycles. The number of hydrogen-bond donors (Lipinski definition) is 2. The molecule has 0 aromatic heterocycles. The summed E-state index contributed by atoms with van der Waals surface area (Å²) in [5.74, 6) is 4.67. The van der Waals surface area contributed by atoms with Crippen LogP contribution in [0.2, 0.25) is 0 Å². The first-order valence-corrected chi connectivity index (χ1v) is 14.4. The highest BCUT2D eigenvalue weighted by molar-refractivity contribution is 7.94. The zero-order valence-corrected chi connectivity index (χ0v) is 23.8. The second-order valence-electron chi connectivity index (χ2n) is 11.8. The molecule has 13 heteroatoms. The molecular weight excluding hydrogens is 536 g/mol. The lowest BCUT2D eigenvalue weighted by Crippen LogP contribution is -2.59. The molecule has 3 N–H and O–H groups in total. The molecule has 3 saturated heterocycles. The first-order valence-electron chi connectivity index (χ1n) is 13.7. The summed E-state index contributed by atoms with van der Waals surface area (Å²) in [6, 6.07) is 6.42. The van der Waals surface area contributed by atoms with E-state index < -0.39 is 23.8 Å². The summed E-state index contributed by atoms with van der Waals surface area (Å²) in [5, 5.41) is 12.3. The number of rotatable bonds is 8. The van der Waals surface area contributed by atoms with Gasteiger partial charge in [-0.2, -0.15) is 11.2 Å². The molecule has 3 heterocycles. The molecule has 12 nitrogen and oxygen atoms in total. The molecule has 1 aromatic carbocycles. The summed E-state index contributed by atoms with van der Waals surface area (Å²) in [4.78, 5) is 50.5. The van der Waals surface area contributed by atoms with Crippen molar-refractivity contribution >= 4 is 30.0 Å². The van der Waals surface area contributed by atoms with E-state index in [-0.39, 0.29) is 36.5 Å². The fraction of sp³-hybridized carbons (Fsp3) is 0.630. The van der Waals surface area contributed by atoms with Crippen LogP contribution in [-0.4, -0.2) is 82.0 Å². The number of aryl methyl sites for hydroxylation is 1. The smallest absolute Gasteiger partial charge is 0.408 e. The van der Waals surface area contributed by atoms with Gasteiger partial charge in [0, 0.05) is 30.6 Å². The largest absolute Gasteiger partial charge is 0.444 e. The third-order valence-corrected chi connectivity index (χ3v) is 8.66. The highest BCUT2D eigenvalue weighted by Gasteiger charge is 2.53. The fourth-order valence-corrected chi connectivity index (χ4v) is 6.94. The van der Waals surface area contributed by atoms with Gasteiger partial charge in [0.1, 0.15) is 17.7 Å². The van der Waals surface area contributed by atoms with Crippen molar-refractivity contribution in [3.63, 3.8) is 0 Å². The molecular formula is C27H36N6O6S. The molecule has 0 spiro atoms. The Bertz CT molecular complexity index is 1200. The minimum absolute atomic E-state index is 0.00341. The van der Waals surface area contributed by atoms with Crippen LogP contribution in [0.15, 0.2) is 23.1 Å². The van der Waals surface area contributed by atoms with Crippen molar-refractivity contribution in [2.24, 2.45) is 5.90 Å². The third kappa shape index (κ3) is 5.77. The third-order valence-electron chi connectivity index (χ3n) is 8.07. The molecule has 4 aliphatic rings. The summed E-state index contributed by atoms with van der Waals surface area (Å²) >= 11 is 1.04. The lowest BCUT2D eigenvalue weighted by atomic mass is 10.1. The minimum Gasteiger partial charge on any atom is -0.444 e. The van der Waals surface area contributed by atoms with Crippen molar-refractivity contribution < 1.29 is 28.4 Å². The van der Waals surface area contributed by atoms with Gasteiger partial charge in [0.15, 0.2) is 0 Å². The van der Waals surface area contributed by atoms with Crippen LogP contribution in [0.5, 0.6) is 0 Å². The number of nitrogens with two attached hydrogens (primary N) is 1. The van der Waals surface area contributed by atoms with Crippen LogP contribution in [0.4, 0.5) is 4.79 Å². The number of carbonyl (C=O) groups is 3. The van der Waals surface area contributed by atoms with Gasteiger partial charge in [-0.15, -0.1) is 9.32 Å². The highest BCUT2D eigenvalue weighted by atomic mass is 32.2. The lowest BCUT2D eigenvalue weighted by molar-refractivity contribution is -0.195. The average molecular weight is 573 g/mol. The Morgan fingerprint density at radius 3 is 2.77 bits per heavy atom. The summed E-state index contributed by atoms with van der Waals surface area (Å²) in [5.41, 5.74) is 1.58. The van der Waals surface area contributed by atoms with Crippen molar-refractivity contribution in [3.05, 3.63) is 29.3 Å². The maximum Gasteiger partial charge on any atom is 0.408 e. The van der Waals surface area contributed by atoms with Crippen molar-refractivity contribution in [2.75, 3.05) is 19.6 Å². The highest BCUT2D eigenvalue weighted by Crippen LogP contribution is 2.44. The monoisotopic (exact) mass is 572 g/mol. The van der Waals surface area contributed by atoms with Crippen molar-refractivity contribution in [3.8, 4) is 6.07 Å². The Balaban J connectivity index is 1.28. The molecule has 0 radical (unpaired) electrons. The van der Waals surface area contributed by atoms with Crippen LogP contribution in [0.3, 0.4) is 0 Å². The van der Waals surface area contributed by atoms with E-state index in [0.717, 1.165) is 41.8 Å². The number of nitriles is 1. The summed E-state index contributed by atoms with van der Waals surface area (Å²) in [6.07, 6.45) is 3.03. The predicted molar refractivity (Wildman–Crippen MR) is 144 cm³/mol. The number of nitrogens with zero attached hydrogens (tertiary/aromatic N) is 4. The molecule has 3 aliphatic heterocycles. The minimum atomic E-state index is -0.924. The van der Waals surface area contributed by atoms with Crippen molar-refractivity contribution in [2.45, 2.75) is 93.6 Å². The van der Waals surface area contributed by atoms with Gasteiger partial charge >= 0.3 is 6.09 Å². The van der Waals surface area contributed by atoms with Gasteiger partial charge in [-0.3, -0.25) is 14.5 Å². The van der Waals surface area contributed by atoms with E-state index in [4.69, 9.17) is 15.0 Å². The SMILES string of the molecule is CC(C)(C)OC(=O)N[C@@H](CN1C[C@H]2C[C@@H]1C(=O)N2[C@H]1CCc2cc(SOON)ccc21)C(=O)N1CCC[C@H]1C#N. The second-order valence-corrected chi connectivity index (χ2v) is 12.6. The number of amides is 3. The molecule has 1 aliphatic carbocycles. The first-order chi connectivity index (χ1) is 19.1. The quantitative estimate of drug-likeness (QED) is 0.270. The number of carbonyl (C=O) groups excluding carboxylic acids is 3. The van der Waals surface area contributed by atoms with E-state index in [2.05, 4.69) is 16.4 Å². The van der Waals surface area contributed by atoms with E-state index in [0.29, 0.717) is 25.9 Å². The number of nitrogens with one attached hydrogen (secondary N) is 1. The number of ether oxygens (including phenoxy) is 1. The van der Waals surface area contributed by atoms with E-state index in [1.807, 2.05) is 28.0 Å². The second kappa shape index (κ2) is 11.5. The Hall–Kier alpha value is -2.89. The maximum atomic E-state index is 13.7. The predicted octanol–water partition coefficient (Wildman–Crippen LogP) is 2.20. The Labute approximate surface area is 238 Å². The number of hydrogen-bond acceptors (Lipinski definition) is 10. The van der Waals surface area contributed by atoms with Crippen molar-refractivity contribution in [1.82, 2.24) is 20.0 Å². The normalized spacial score (nSPS) is 26.6. The lowest BCUT2D eigenvalue weighted by Gasteiger charge is -2.39. The van der Waals surface area contributed by atoms with Gasteiger partial charge in [0.2, 0.25) is 11.8 Å². The Morgan fingerprint density at radius 1 is 1.27 bits per heavy atom. The number of benzene rings is 1. The van der Waals surface area contributed by atoms with Gasteiger partial charge in [-0.25, -0.2) is 4.79 Å². The Kier molecular flexibility index (Phi) is 8.26. The number of likely N-dealkylation sites (tertiary alicyclic amines) is 3. The molecule has 1 aromatic rings. The summed E-state index contributed by atoms with van der Waals surface area (Å²) < 4.78 is 10.2. The van der Waals surface area contributed by atoms with E-state index >= 15 is 0 Å². The number of piperazine rings is 1. The molecule has 3 fully saturated rings. The number of alkyl carbamates (subject to hydrolysis) is 1. The van der Waals surface area contributed by atoms with Gasteiger partial charge in [0.25, 0.3) is 0 Å². The van der Waals surface area contributed by atoms with Crippen LogP contribution in [0, 0.1) is 11.3 Å². The zero-order chi connectivity index (χ0) is 28.6. The van der Waals surface area contributed by atoms with E-state index in [1.165, 1.54) is 10.5 Å². The molecule has 5 atom stereocenters. The van der Waals surface area contributed by atoms with Gasteiger partial charge in [-0.1, -0.05) is 6.07 Å². The molecule has 5 rings (SSSR count). The van der Waals surface area contributed by atoms with E-state index in [9.17, 15) is 19.6 Å². The van der Waals surface area contributed by atoms with Crippen LogP contribution in [-0.2, 0) is 30.1 Å². The van der Waals surface area contributed by atoms with Gasteiger partial charge in [-0.05, 0) is 76.1 Å². The molecule has 40 heavy (non-hydrogen) atoms. The average Bonchev–Trinajstić information content (AvgIpc) is 3.68. The van der Waals surface area contributed by atoms with Crippen LogP contribution < -0.4 is 11.2 Å². The maximum absolute atomic E-state index is 13.7. The number of fused-ring (bicyclic) bond motifs is 3. The Morgan fingerprint density at radius 2 is 2.08 bits per heavy atom. The standard InChI is InChI=1S/C27H36N6O6S/c1-27(2,3)37-26(36)30-21(24(34)32-10-4-5-17(32)13-28)15-31-14-18-12-23(31)25(35)33(18)22-9-6-16-11-19(40-39-38-29)7-8-20(16)22/h7-8,11,17-18,21-23H,4-6,9-10,12,14-15,29H2,1-3H3,(H,30,36)/t17-,18+,21-,22-,23+/m0/s1. The van der Waals surface area contributed by atoms with E-state index in [1.54, 1.807) is 20.8 Å². The zero-order valence-electron chi connectivity index (χ0n) is 23.0. The molecule has 2 bridgehead atoms. The van der Waals surface area contributed by atoms with Gasteiger partial charge < -0.3 is 19.9 Å². The van der Waals surface area contributed by atoms with Crippen LogP contribution in [0.1, 0.15) is 63.6 Å². The molecule has 0 unspecified atom stereocenters. The first kappa shape index (κ1) is 28.6. The topological polar surface area (TPSA) is 150 Å². The van der Waals surface area contributed by atoms with Crippen molar-refractivity contribution in [1.29, 1.82) is 5.26 Å². The van der Waals surface area contributed by atoms with Crippen LogP contribution >= 0.6 is 12.0 Å². The summed E-state index contributed by atoms with van der Waals surface area (Å²) in [7, 11) is 0. The molecule has 3 amide bonds.